The second-order valence-corrected chi connectivity index (χ2v) is 24.5. The summed E-state index contributed by atoms with van der Waals surface area (Å²) in [7, 11) is 0. The Balaban J connectivity index is 4.25. The van der Waals surface area contributed by atoms with E-state index in [1.165, 1.54) is 270 Å². The molecule has 0 aromatic rings. The third-order valence-electron chi connectivity index (χ3n) is 16.2. The largest absolute Gasteiger partial charge is 0.462 e. The molecule has 1 unspecified atom stereocenters. The zero-order valence-electron chi connectivity index (χ0n) is 55.0. The van der Waals surface area contributed by atoms with Gasteiger partial charge in [-0.05, 0) is 109 Å². The first-order valence-electron chi connectivity index (χ1n) is 36.3. The maximum atomic E-state index is 13.0. The molecule has 0 aliphatic carbocycles. The lowest BCUT2D eigenvalue weighted by Gasteiger charge is -2.18. The van der Waals surface area contributed by atoms with Crippen molar-refractivity contribution in [3.63, 3.8) is 0 Å². The number of ether oxygens (including phenoxy) is 3. The molecule has 0 N–H and O–H groups in total. The molecule has 0 spiro atoms. The van der Waals surface area contributed by atoms with Crippen molar-refractivity contribution in [1.29, 1.82) is 0 Å². The first-order valence-corrected chi connectivity index (χ1v) is 36.3. The molecule has 0 bridgehead atoms. The van der Waals surface area contributed by atoms with Crippen molar-refractivity contribution in [1.82, 2.24) is 0 Å². The molecule has 0 aromatic heterocycles. The van der Waals surface area contributed by atoms with Crippen LogP contribution in [-0.2, 0) is 28.6 Å². The third-order valence-corrected chi connectivity index (χ3v) is 16.2. The van der Waals surface area contributed by atoms with E-state index >= 15 is 0 Å². The smallest absolute Gasteiger partial charge is 0.306 e. The van der Waals surface area contributed by atoms with Gasteiger partial charge in [0.25, 0.3) is 0 Å². The Hall–Kier alpha value is -2.89. The second-order valence-electron chi connectivity index (χ2n) is 24.5. The van der Waals surface area contributed by atoms with E-state index in [1.807, 2.05) is 0 Å². The first-order chi connectivity index (χ1) is 40.5. The lowest BCUT2D eigenvalue weighted by molar-refractivity contribution is -0.167. The van der Waals surface area contributed by atoms with E-state index in [0.29, 0.717) is 19.3 Å². The van der Waals surface area contributed by atoms with Gasteiger partial charge in [0.2, 0.25) is 0 Å². The van der Waals surface area contributed by atoms with Crippen LogP contribution in [0.1, 0.15) is 387 Å². The van der Waals surface area contributed by atoms with E-state index in [0.717, 1.165) is 77.0 Å². The molecule has 0 saturated heterocycles. The Bertz CT molecular complexity index is 1460. The molecule has 6 nitrogen and oxygen atoms in total. The Labute approximate surface area is 510 Å². The molecule has 0 fully saturated rings. The fourth-order valence-electron chi connectivity index (χ4n) is 10.7. The zero-order valence-corrected chi connectivity index (χ0v) is 55.0. The van der Waals surface area contributed by atoms with Gasteiger partial charge in [-0.1, -0.05) is 319 Å². The number of rotatable bonds is 67. The minimum Gasteiger partial charge on any atom is -0.462 e. The van der Waals surface area contributed by atoms with Crippen LogP contribution in [0, 0.1) is 0 Å². The quantitative estimate of drug-likeness (QED) is 0.0261. The van der Waals surface area contributed by atoms with E-state index in [9.17, 15) is 14.4 Å². The van der Waals surface area contributed by atoms with Gasteiger partial charge in [-0.25, -0.2) is 0 Å². The molecular weight excluding hydrogens is 1010 g/mol. The summed E-state index contributed by atoms with van der Waals surface area (Å²) in [6.07, 6.45) is 91.1. The van der Waals surface area contributed by atoms with E-state index in [2.05, 4.69) is 81.5 Å². The highest BCUT2D eigenvalue weighted by atomic mass is 16.6. The summed E-state index contributed by atoms with van der Waals surface area (Å²) in [5.41, 5.74) is 0. The third kappa shape index (κ3) is 67.9. The van der Waals surface area contributed by atoms with Crippen molar-refractivity contribution in [2.24, 2.45) is 0 Å². The summed E-state index contributed by atoms with van der Waals surface area (Å²) in [5.74, 6) is -0.863. The van der Waals surface area contributed by atoms with Crippen molar-refractivity contribution in [2.45, 2.75) is 393 Å². The summed E-state index contributed by atoms with van der Waals surface area (Å²) in [6, 6.07) is 0. The molecule has 0 aliphatic rings. The van der Waals surface area contributed by atoms with Gasteiger partial charge in [0.05, 0.1) is 0 Å². The summed E-state index contributed by atoms with van der Waals surface area (Å²) in [6.45, 7) is 6.67. The topological polar surface area (TPSA) is 78.9 Å². The fraction of sp³-hybridized carbons (Fsp3) is 0.829. The lowest BCUT2D eigenvalue weighted by Crippen LogP contribution is -2.30. The van der Waals surface area contributed by atoms with Crippen LogP contribution in [-0.4, -0.2) is 37.2 Å². The van der Waals surface area contributed by atoms with Crippen LogP contribution >= 0.6 is 0 Å². The van der Waals surface area contributed by atoms with Gasteiger partial charge in [-0.15, -0.1) is 0 Å². The SMILES string of the molecule is CCCCCCC/C=C\C/C=C\C/C=C\CCCCCCCCCCCCCCCCC(=O)OCC(COC(=O)CCCCCCC/C=C\CCCCCCC)OC(=O)CCCCCCCCCCC/C=C\CCCCCCCCCC. The Morgan fingerprint density at radius 1 is 0.244 bits per heavy atom. The normalized spacial score (nSPS) is 12.4. The van der Waals surface area contributed by atoms with Crippen LogP contribution in [0.15, 0.2) is 60.8 Å². The number of hydrogen-bond acceptors (Lipinski definition) is 6. The van der Waals surface area contributed by atoms with Crippen LogP contribution in [0.5, 0.6) is 0 Å². The van der Waals surface area contributed by atoms with Crippen molar-refractivity contribution in [2.75, 3.05) is 13.2 Å². The van der Waals surface area contributed by atoms with E-state index in [-0.39, 0.29) is 31.1 Å². The number of carbonyl (C=O) groups is 3. The summed E-state index contributed by atoms with van der Waals surface area (Å²) in [4.78, 5) is 38.5. The van der Waals surface area contributed by atoms with Gasteiger partial charge < -0.3 is 14.2 Å². The highest BCUT2D eigenvalue weighted by Crippen LogP contribution is 2.18. The van der Waals surface area contributed by atoms with E-state index in [4.69, 9.17) is 14.2 Å². The first kappa shape index (κ1) is 79.1. The van der Waals surface area contributed by atoms with Crippen LogP contribution in [0.2, 0.25) is 0 Å². The predicted octanol–water partition coefficient (Wildman–Crippen LogP) is 25.1. The van der Waals surface area contributed by atoms with Crippen LogP contribution in [0.3, 0.4) is 0 Å². The highest BCUT2D eigenvalue weighted by Gasteiger charge is 2.19. The molecule has 0 aliphatic heterocycles. The number of allylic oxidation sites excluding steroid dienone is 10. The van der Waals surface area contributed by atoms with Crippen molar-refractivity contribution in [3.05, 3.63) is 60.8 Å². The van der Waals surface area contributed by atoms with Gasteiger partial charge in [-0.2, -0.15) is 0 Å². The predicted molar refractivity (Wildman–Crippen MR) is 358 cm³/mol. The molecule has 0 heterocycles. The van der Waals surface area contributed by atoms with Gasteiger partial charge in [0, 0.05) is 19.3 Å². The Kier molecular flexibility index (Phi) is 68.1. The number of unbranched alkanes of at least 4 members (excludes halogenated alkanes) is 46. The maximum Gasteiger partial charge on any atom is 0.306 e. The standard InChI is InChI=1S/C76H138O6/c1-4-7-10-13-16-19-22-25-28-30-32-34-35-36-37-38-39-40-41-43-44-46-48-51-54-57-60-63-66-69-75(78)81-72-73(71-80-74(77)68-65-62-59-56-53-50-27-24-21-18-15-12-9-6-3)82-76(79)70-67-64-61-58-55-52-49-47-45-42-33-31-29-26-23-20-17-14-11-8-5-2/h22,24-25,27,30-33,35-36,73H,4-21,23,26,28-29,34,37-72H2,1-3H3/b25-22-,27-24-,32-30-,33-31-,36-35-. The Morgan fingerprint density at radius 2 is 0.439 bits per heavy atom. The van der Waals surface area contributed by atoms with Crippen molar-refractivity contribution >= 4 is 17.9 Å². The van der Waals surface area contributed by atoms with Crippen LogP contribution < -0.4 is 0 Å². The average Bonchev–Trinajstić information content (AvgIpc) is 3.47. The molecule has 0 aromatic carbocycles. The average molecular weight is 1150 g/mol. The molecule has 478 valence electrons. The maximum absolute atomic E-state index is 13.0. The minimum absolute atomic E-state index is 0.0748. The molecule has 0 radical (unpaired) electrons. The molecule has 0 rings (SSSR count). The van der Waals surface area contributed by atoms with Crippen molar-refractivity contribution < 1.29 is 28.6 Å². The highest BCUT2D eigenvalue weighted by molar-refractivity contribution is 5.71. The molecule has 6 heteroatoms. The molecule has 1 atom stereocenters. The van der Waals surface area contributed by atoms with Crippen LogP contribution in [0.25, 0.3) is 0 Å². The van der Waals surface area contributed by atoms with E-state index < -0.39 is 6.10 Å². The number of esters is 3. The van der Waals surface area contributed by atoms with E-state index in [1.54, 1.807) is 0 Å². The summed E-state index contributed by atoms with van der Waals surface area (Å²) < 4.78 is 17.0. The van der Waals surface area contributed by atoms with Gasteiger partial charge in [0.15, 0.2) is 6.10 Å². The van der Waals surface area contributed by atoms with Gasteiger partial charge in [0.1, 0.15) is 13.2 Å². The lowest BCUT2D eigenvalue weighted by atomic mass is 10.0. The minimum atomic E-state index is -0.779. The molecular formula is C76H138O6. The fourth-order valence-corrected chi connectivity index (χ4v) is 10.7. The molecule has 0 amide bonds. The summed E-state index contributed by atoms with van der Waals surface area (Å²) in [5, 5.41) is 0. The molecule has 0 saturated carbocycles. The summed E-state index contributed by atoms with van der Waals surface area (Å²) >= 11 is 0. The monoisotopic (exact) mass is 1150 g/mol. The Morgan fingerprint density at radius 3 is 0.695 bits per heavy atom. The molecule has 82 heavy (non-hydrogen) atoms. The number of hydrogen-bond donors (Lipinski definition) is 0. The van der Waals surface area contributed by atoms with Gasteiger partial charge in [-0.3, -0.25) is 14.4 Å². The second kappa shape index (κ2) is 70.6. The van der Waals surface area contributed by atoms with Crippen LogP contribution in [0.4, 0.5) is 0 Å². The van der Waals surface area contributed by atoms with Crippen molar-refractivity contribution in [3.8, 4) is 0 Å². The number of carbonyl (C=O) groups excluding carboxylic acids is 3. The zero-order chi connectivity index (χ0) is 59.2. The van der Waals surface area contributed by atoms with Gasteiger partial charge >= 0.3 is 17.9 Å².